The fourth-order valence-corrected chi connectivity index (χ4v) is 2.43. The first-order chi connectivity index (χ1) is 11.5. The summed E-state index contributed by atoms with van der Waals surface area (Å²) in [5.74, 6) is -0.232. The number of rotatable bonds is 3. The Bertz CT molecular complexity index is 1020. The number of nitrogens with one attached hydrogen (secondary N) is 1. The van der Waals surface area contributed by atoms with Crippen molar-refractivity contribution in [2.45, 2.75) is 6.92 Å². The maximum atomic E-state index is 12.6. The molecule has 7 nitrogen and oxygen atoms in total. The van der Waals surface area contributed by atoms with Gasteiger partial charge in [0.15, 0.2) is 5.82 Å². The molecule has 3 N–H and O–H groups in total. The molecule has 7 heteroatoms. The van der Waals surface area contributed by atoms with E-state index >= 15 is 0 Å². The highest BCUT2D eigenvalue weighted by Crippen LogP contribution is 2.21. The Morgan fingerprint density at radius 1 is 1.29 bits per heavy atom. The van der Waals surface area contributed by atoms with E-state index in [4.69, 9.17) is 11.0 Å². The van der Waals surface area contributed by atoms with Crippen LogP contribution in [0.25, 0.3) is 16.9 Å². The third kappa shape index (κ3) is 2.57. The average molecular weight is 319 g/mol. The number of primary amides is 1. The summed E-state index contributed by atoms with van der Waals surface area (Å²) in [6.45, 7) is 1.84. The normalized spacial score (nSPS) is 10.3. The van der Waals surface area contributed by atoms with E-state index in [-0.39, 0.29) is 11.1 Å². The highest BCUT2D eigenvalue weighted by molar-refractivity contribution is 5.92. The number of nitrogens with two attached hydrogens (primary N) is 1. The average Bonchev–Trinajstić information content (AvgIpc) is 2.96. The van der Waals surface area contributed by atoms with Crippen molar-refractivity contribution in [3.8, 4) is 23.0 Å². The maximum Gasteiger partial charge on any atom is 0.280 e. The Morgan fingerprint density at radius 2 is 2.08 bits per heavy atom. The first-order valence-corrected chi connectivity index (χ1v) is 7.09. The Labute approximate surface area is 137 Å². The van der Waals surface area contributed by atoms with Crippen LogP contribution < -0.4 is 11.3 Å². The minimum absolute atomic E-state index is 0.265. The molecule has 1 amide bonds. The number of carbonyl (C=O) groups is 1. The lowest BCUT2D eigenvalue weighted by Gasteiger charge is -2.03. The molecule has 118 valence electrons. The summed E-state index contributed by atoms with van der Waals surface area (Å²) < 4.78 is 1.28. The predicted octanol–water partition coefficient (Wildman–Crippen LogP) is 1.51. The van der Waals surface area contributed by atoms with Gasteiger partial charge in [0.05, 0.1) is 22.8 Å². The Balaban J connectivity index is 2.05. The molecule has 0 saturated heterocycles. The molecule has 0 aliphatic carbocycles. The molecule has 24 heavy (non-hydrogen) atoms. The zero-order valence-electron chi connectivity index (χ0n) is 12.8. The molecule has 1 aromatic carbocycles. The van der Waals surface area contributed by atoms with Crippen molar-refractivity contribution in [2.75, 3.05) is 0 Å². The van der Waals surface area contributed by atoms with Crippen LogP contribution in [0.15, 0.2) is 47.5 Å². The van der Waals surface area contributed by atoms with Gasteiger partial charge < -0.3 is 5.73 Å². The molecule has 0 bridgehead atoms. The second kappa shape index (κ2) is 5.85. The molecule has 0 fully saturated rings. The van der Waals surface area contributed by atoms with Crippen molar-refractivity contribution in [3.63, 3.8) is 0 Å². The lowest BCUT2D eigenvalue weighted by molar-refractivity contribution is 0.1000. The minimum Gasteiger partial charge on any atom is -0.366 e. The quantitative estimate of drug-likeness (QED) is 0.760. The number of benzene rings is 1. The van der Waals surface area contributed by atoms with E-state index in [0.717, 1.165) is 11.1 Å². The summed E-state index contributed by atoms with van der Waals surface area (Å²) in [4.78, 5) is 27.8. The monoisotopic (exact) mass is 319 g/mol. The third-order valence-corrected chi connectivity index (χ3v) is 3.68. The fraction of sp³-hybridized carbons (Fsp3) is 0.0588. The predicted molar refractivity (Wildman–Crippen MR) is 87.6 cm³/mol. The van der Waals surface area contributed by atoms with Crippen LogP contribution in [0.4, 0.5) is 0 Å². The van der Waals surface area contributed by atoms with Crippen LogP contribution in [0.1, 0.15) is 21.5 Å². The first-order valence-electron chi connectivity index (χ1n) is 7.09. The Hall–Kier alpha value is -3.66. The van der Waals surface area contributed by atoms with Crippen molar-refractivity contribution in [1.29, 1.82) is 5.26 Å². The Morgan fingerprint density at radius 3 is 2.67 bits per heavy atom. The van der Waals surface area contributed by atoms with Gasteiger partial charge in [-0.05, 0) is 42.3 Å². The number of aryl methyl sites for hydroxylation is 1. The number of carbonyl (C=O) groups excluding carboxylic acids is 1. The van der Waals surface area contributed by atoms with Gasteiger partial charge in [0.25, 0.3) is 5.56 Å². The second-order valence-corrected chi connectivity index (χ2v) is 5.24. The summed E-state index contributed by atoms with van der Waals surface area (Å²) >= 11 is 0. The molecule has 3 aromatic rings. The van der Waals surface area contributed by atoms with E-state index in [1.54, 1.807) is 24.4 Å². The summed E-state index contributed by atoms with van der Waals surface area (Å²) in [6, 6.07) is 10.2. The van der Waals surface area contributed by atoms with Crippen LogP contribution in [0.2, 0.25) is 0 Å². The van der Waals surface area contributed by atoms with Gasteiger partial charge in [-0.15, -0.1) is 0 Å². The van der Waals surface area contributed by atoms with Crippen molar-refractivity contribution >= 4 is 5.91 Å². The van der Waals surface area contributed by atoms with E-state index in [1.807, 2.05) is 6.92 Å². The lowest BCUT2D eigenvalue weighted by atomic mass is 10.0. The standard InChI is InChI=1S/C17H13N5O2/c1-10-6-11(7-18)2-4-13(10)14-9-21-22(17(14)24)15-5-3-12(8-20-15)16(19)23/h2-6,8-9,21H,1H3,(H2,19,23). The number of H-pyrrole nitrogens is 1. The number of aromatic amines is 1. The molecule has 0 aliphatic rings. The van der Waals surface area contributed by atoms with E-state index in [0.29, 0.717) is 16.9 Å². The number of hydrogen-bond donors (Lipinski definition) is 2. The van der Waals surface area contributed by atoms with Gasteiger partial charge in [-0.3, -0.25) is 14.7 Å². The van der Waals surface area contributed by atoms with Crippen LogP contribution in [0, 0.1) is 18.3 Å². The van der Waals surface area contributed by atoms with Gasteiger partial charge in [0.2, 0.25) is 5.91 Å². The van der Waals surface area contributed by atoms with E-state index in [2.05, 4.69) is 16.2 Å². The summed E-state index contributed by atoms with van der Waals surface area (Å²) in [7, 11) is 0. The second-order valence-electron chi connectivity index (χ2n) is 5.24. The topological polar surface area (TPSA) is 118 Å². The third-order valence-electron chi connectivity index (χ3n) is 3.68. The molecule has 3 rings (SSSR count). The Kier molecular flexibility index (Phi) is 3.72. The van der Waals surface area contributed by atoms with Gasteiger partial charge in [0, 0.05) is 12.4 Å². The van der Waals surface area contributed by atoms with Crippen LogP contribution in [-0.4, -0.2) is 20.7 Å². The molecular formula is C17H13N5O2. The lowest BCUT2D eigenvalue weighted by Crippen LogP contribution is -2.18. The van der Waals surface area contributed by atoms with Crippen LogP contribution in [0.3, 0.4) is 0 Å². The van der Waals surface area contributed by atoms with Crippen molar-refractivity contribution < 1.29 is 4.79 Å². The summed E-state index contributed by atoms with van der Waals surface area (Å²) in [5.41, 5.74) is 7.74. The molecule has 0 unspecified atom stereocenters. The van der Waals surface area contributed by atoms with Gasteiger partial charge in [-0.1, -0.05) is 6.07 Å². The number of nitriles is 1. The fourth-order valence-electron chi connectivity index (χ4n) is 2.43. The molecule has 0 aliphatic heterocycles. The molecule has 0 saturated carbocycles. The van der Waals surface area contributed by atoms with Gasteiger partial charge in [-0.25, -0.2) is 9.67 Å². The molecule has 0 atom stereocenters. The smallest absolute Gasteiger partial charge is 0.280 e. The first kappa shape index (κ1) is 15.2. The van der Waals surface area contributed by atoms with Crippen molar-refractivity contribution in [1.82, 2.24) is 14.8 Å². The van der Waals surface area contributed by atoms with Gasteiger partial charge in [0.1, 0.15) is 0 Å². The van der Waals surface area contributed by atoms with Gasteiger partial charge in [-0.2, -0.15) is 5.26 Å². The van der Waals surface area contributed by atoms with Crippen molar-refractivity contribution in [3.05, 3.63) is 69.8 Å². The molecule has 0 radical (unpaired) electrons. The molecule has 0 spiro atoms. The van der Waals surface area contributed by atoms with E-state index in [1.165, 1.54) is 23.0 Å². The minimum atomic E-state index is -0.582. The van der Waals surface area contributed by atoms with Crippen LogP contribution in [0.5, 0.6) is 0 Å². The number of nitrogens with zero attached hydrogens (tertiary/aromatic N) is 3. The maximum absolute atomic E-state index is 12.6. The number of amides is 1. The summed E-state index contributed by atoms with van der Waals surface area (Å²) in [5, 5.41) is 11.8. The van der Waals surface area contributed by atoms with Crippen LogP contribution in [-0.2, 0) is 0 Å². The van der Waals surface area contributed by atoms with Gasteiger partial charge >= 0.3 is 0 Å². The SMILES string of the molecule is Cc1cc(C#N)ccc1-c1c[nH]n(-c2ccc(C(N)=O)cn2)c1=O. The molecule has 2 aromatic heterocycles. The number of pyridine rings is 1. The van der Waals surface area contributed by atoms with E-state index in [9.17, 15) is 9.59 Å². The number of hydrogen-bond acceptors (Lipinski definition) is 4. The zero-order chi connectivity index (χ0) is 17.3. The molecule has 2 heterocycles. The van der Waals surface area contributed by atoms with Crippen molar-refractivity contribution in [2.24, 2.45) is 5.73 Å². The van der Waals surface area contributed by atoms with Crippen LogP contribution >= 0.6 is 0 Å². The molecular weight excluding hydrogens is 306 g/mol. The summed E-state index contributed by atoms with van der Waals surface area (Å²) in [6.07, 6.45) is 2.90. The number of aromatic nitrogens is 3. The zero-order valence-corrected chi connectivity index (χ0v) is 12.8. The highest BCUT2D eigenvalue weighted by atomic mass is 16.1. The largest absolute Gasteiger partial charge is 0.366 e. The van der Waals surface area contributed by atoms with E-state index < -0.39 is 5.91 Å². The highest BCUT2D eigenvalue weighted by Gasteiger charge is 2.13.